The molecule has 4 nitrogen and oxygen atoms in total. The SMILES string of the molecule is O=C1[C@@H]2[C@H]3CC[C@H](C3)[C@@H]2C(=O)N1C[C@@H]1CCCC[C@H]1CO. The Morgan fingerprint density at radius 1 is 0.905 bits per heavy atom. The number of amides is 2. The molecule has 0 radical (unpaired) electrons. The Bertz CT molecular complexity index is 435. The van der Waals surface area contributed by atoms with Gasteiger partial charge in [0.1, 0.15) is 0 Å². The van der Waals surface area contributed by atoms with Crippen LogP contribution in [0.1, 0.15) is 44.9 Å². The number of carbonyl (C=O) groups is 2. The molecule has 0 aromatic carbocycles. The zero-order valence-corrected chi connectivity index (χ0v) is 12.5. The maximum Gasteiger partial charge on any atom is 0.233 e. The van der Waals surface area contributed by atoms with E-state index in [1.54, 1.807) is 4.90 Å². The molecule has 0 aromatic heterocycles. The van der Waals surface area contributed by atoms with Crippen molar-refractivity contribution >= 4 is 11.8 Å². The number of aliphatic hydroxyl groups excluding tert-OH is 1. The second-order valence-electron chi connectivity index (χ2n) is 7.66. The molecule has 4 heteroatoms. The fourth-order valence-corrected chi connectivity index (χ4v) is 5.65. The summed E-state index contributed by atoms with van der Waals surface area (Å²) in [5.74, 6) is 1.77. The van der Waals surface area contributed by atoms with Crippen molar-refractivity contribution in [2.45, 2.75) is 44.9 Å². The first-order chi connectivity index (χ1) is 10.2. The number of carbonyl (C=O) groups excluding carboxylic acids is 2. The Morgan fingerprint density at radius 2 is 1.48 bits per heavy atom. The molecule has 1 saturated heterocycles. The van der Waals surface area contributed by atoms with Crippen LogP contribution in [-0.2, 0) is 9.59 Å². The standard InChI is InChI=1S/C17H25NO3/c19-9-13-4-2-1-3-12(13)8-18-16(20)14-10-5-6-11(7-10)15(14)17(18)21/h10-15,19H,1-9H2/t10-,11+,12-,13-,14+,15-/m0/s1. The summed E-state index contributed by atoms with van der Waals surface area (Å²) in [6, 6.07) is 0. The van der Waals surface area contributed by atoms with Crippen molar-refractivity contribution in [2.75, 3.05) is 13.2 Å². The molecule has 4 aliphatic rings. The van der Waals surface area contributed by atoms with Gasteiger partial charge in [0.2, 0.25) is 11.8 Å². The highest BCUT2D eigenvalue weighted by molar-refractivity contribution is 6.06. The molecule has 2 amide bonds. The van der Waals surface area contributed by atoms with Crippen LogP contribution in [0.15, 0.2) is 0 Å². The largest absolute Gasteiger partial charge is 0.396 e. The van der Waals surface area contributed by atoms with Gasteiger partial charge in [0.05, 0.1) is 11.8 Å². The predicted octanol–water partition coefficient (Wildman–Crippen LogP) is 1.82. The van der Waals surface area contributed by atoms with Gasteiger partial charge in [-0.15, -0.1) is 0 Å². The van der Waals surface area contributed by atoms with Crippen molar-refractivity contribution in [1.82, 2.24) is 4.90 Å². The van der Waals surface area contributed by atoms with Gasteiger partial charge in [0.25, 0.3) is 0 Å². The highest BCUT2D eigenvalue weighted by atomic mass is 16.3. The number of imide groups is 1. The van der Waals surface area contributed by atoms with Crippen molar-refractivity contribution < 1.29 is 14.7 Å². The van der Waals surface area contributed by atoms with Crippen molar-refractivity contribution in [1.29, 1.82) is 0 Å². The van der Waals surface area contributed by atoms with E-state index in [2.05, 4.69) is 0 Å². The average Bonchev–Trinajstić information content (AvgIpc) is 3.17. The predicted molar refractivity (Wildman–Crippen MR) is 77.1 cm³/mol. The van der Waals surface area contributed by atoms with Gasteiger partial charge in [-0.05, 0) is 55.8 Å². The van der Waals surface area contributed by atoms with Gasteiger partial charge in [-0.3, -0.25) is 14.5 Å². The van der Waals surface area contributed by atoms with Gasteiger partial charge in [-0.2, -0.15) is 0 Å². The first-order valence-electron chi connectivity index (χ1n) is 8.66. The molecule has 3 saturated carbocycles. The van der Waals surface area contributed by atoms with Crippen LogP contribution in [0, 0.1) is 35.5 Å². The maximum absolute atomic E-state index is 12.7. The lowest BCUT2D eigenvalue weighted by atomic mass is 9.79. The van der Waals surface area contributed by atoms with Gasteiger partial charge in [0, 0.05) is 13.2 Å². The molecule has 2 bridgehead atoms. The topological polar surface area (TPSA) is 57.6 Å². The quantitative estimate of drug-likeness (QED) is 0.807. The summed E-state index contributed by atoms with van der Waals surface area (Å²) in [7, 11) is 0. The first kappa shape index (κ1) is 13.7. The maximum atomic E-state index is 12.7. The number of nitrogens with zero attached hydrogens (tertiary/aromatic N) is 1. The molecule has 4 rings (SSSR count). The first-order valence-corrected chi connectivity index (χ1v) is 8.66. The van der Waals surface area contributed by atoms with Gasteiger partial charge in [-0.1, -0.05) is 12.8 Å². The summed E-state index contributed by atoms with van der Waals surface area (Å²) < 4.78 is 0. The molecule has 21 heavy (non-hydrogen) atoms. The van der Waals surface area contributed by atoms with Crippen molar-refractivity contribution in [3.8, 4) is 0 Å². The monoisotopic (exact) mass is 291 g/mol. The molecule has 1 N–H and O–H groups in total. The molecule has 3 aliphatic carbocycles. The van der Waals surface area contributed by atoms with E-state index in [-0.39, 0.29) is 36.2 Å². The van der Waals surface area contributed by atoms with E-state index in [4.69, 9.17) is 0 Å². The molecule has 6 atom stereocenters. The Morgan fingerprint density at radius 3 is 2.05 bits per heavy atom. The fourth-order valence-electron chi connectivity index (χ4n) is 5.65. The Labute approximate surface area is 125 Å². The number of rotatable bonds is 3. The van der Waals surface area contributed by atoms with Crippen LogP contribution in [0.3, 0.4) is 0 Å². The molecular formula is C17H25NO3. The van der Waals surface area contributed by atoms with Crippen LogP contribution in [0.5, 0.6) is 0 Å². The number of likely N-dealkylation sites (tertiary alicyclic amines) is 1. The minimum atomic E-state index is 0.00687. The van der Waals surface area contributed by atoms with E-state index in [0.717, 1.165) is 38.5 Å². The van der Waals surface area contributed by atoms with Crippen LogP contribution < -0.4 is 0 Å². The molecule has 0 spiro atoms. The Balaban J connectivity index is 1.51. The molecule has 1 aliphatic heterocycles. The third kappa shape index (κ3) is 1.98. The third-order valence-corrected chi connectivity index (χ3v) is 6.74. The average molecular weight is 291 g/mol. The number of hydrogen-bond donors (Lipinski definition) is 1. The Hall–Kier alpha value is -0.900. The van der Waals surface area contributed by atoms with Crippen molar-refractivity contribution in [3.63, 3.8) is 0 Å². The van der Waals surface area contributed by atoms with E-state index in [1.807, 2.05) is 0 Å². The molecule has 0 aromatic rings. The lowest BCUT2D eigenvalue weighted by molar-refractivity contribution is -0.142. The molecular weight excluding hydrogens is 266 g/mol. The van der Waals surface area contributed by atoms with E-state index < -0.39 is 0 Å². The van der Waals surface area contributed by atoms with Crippen LogP contribution in [0.4, 0.5) is 0 Å². The van der Waals surface area contributed by atoms with Crippen LogP contribution in [0.2, 0.25) is 0 Å². The van der Waals surface area contributed by atoms with Crippen molar-refractivity contribution in [2.24, 2.45) is 35.5 Å². The van der Waals surface area contributed by atoms with Gasteiger partial charge in [0.15, 0.2) is 0 Å². The van der Waals surface area contributed by atoms with Crippen molar-refractivity contribution in [3.05, 3.63) is 0 Å². The van der Waals surface area contributed by atoms with Gasteiger partial charge in [-0.25, -0.2) is 0 Å². The van der Waals surface area contributed by atoms with Crippen LogP contribution in [-0.4, -0.2) is 35.0 Å². The van der Waals surface area contributed by atoms with Crippen LogP contribution >= 0.6 is 0 Å². The van der Waals surface area contributed by atoms with Gasteiger partial charge >= 0.3 is 0 Å². The number of aliphatic hydroxyl groups is 1. The summed E-state index contributed by atoms with van der Waals surface area (Å²) in [4.78, 5) is 27.0. The second kappa shape index (κ2) is 5.08. The fraction of sp³-hybridized carbons (Fsp3) is 0.882. The zero-order valence-electron chi connectivity index (χ0n) is 12.5. The number of fused-ring (bicyclic) bond motifs is 5. The smallest absolute Gasteiger partial charge is 0.233 e. The summed E-state index contributed by atoms with van der Waals surface area (Å²) in [5, 5.41) is 9.53. The normalized spacial score (nSPS) is 45.5. The number of hydrogen-bond acceptors (Lipinski definition) is 3. The summed E-state index contributed by atoms with van der Waals surface area (Å²) >= 11 is 0. The highest BCUT2D eigenvalue weighted by Crippen LogP contribution is 2.56. The zero-order chi connectivity index (χ0) is 14.6. The molecule has 0 unspecified atom stereocenters. The second-order valence-corrected chi connectivity index (χ2v) is 7.66. The molecule has 1 heterocycles. The lowest BCUT2D eigenvalue weighted by Gasteiger charge is -2.33. The summed E-state index contributed by atoms with van der Waals surface area (Å²) in [5.41, 5.74) is 0. The highest BCUT2D eigenvalue weighted by Gasteiger charge is 2.60. The Kier molecular flexibility index (Phi) is 3.32. The summed E-state index contributed by atoms with van der Waals surface area (Å²) in [6.07, 6.45) is 7.79. The molecule has 116 valence electrons. The lowest BCUT2D eigenvalue weighted by Crippen LogP contribution is -2.40. The van der Waals surface area contributed by atoms with E-state index >= 15 is 0 Å². The van der Waals surface area contributed by atoms with E-state index in [0.29, 0.717) is 24.3 Å². The summed E-state index contributed by atoms with van der Waals surface area (Å²) in [6.45, 7) is 0.758. The van der Waals surface area contributed by atoms with E-state index in [1.165, 1.54) is 6.42 Å². The van der Waals surface area contributed by atoms with Gasteiger partial charge < -0.3 is 5.11 Å². The van der Waals surface area contributed by atoms with Crippen LogP contribution in [0.25, 0.3) is 0 Å². The third-order valence-electron chi connectivity index (χ3n) is 6.74. The minimum Gasteiger partial charge on any atom is -0.396 e. The van der Waals surface area contributed by atoms with E-state index in [9.17, 15) is 14.7 Å². The molecule has 4 fully saturated rings. The minimum absolute atomic E-state index is 0.00687.